The summed E-state index contributed by atoms with van der Waals surface area (Å²) in [5.74, 6) is 0. The van der Waals surface area contributed by atoms with E-state index in [9.17, 15) is 13.2 Å². The van der Waals surface area contributed by atoms with Gasteiger partial charge in [0.05, 0.1) is 5.57 Å². The van der Waals surface area contributed by atoms with Crippen molar-refractivity contribution in [3.63, 3.8) is 0 Å². The number of halogens is 3. The summed E-state index contributed by atoms with van der Waals surface area (Å²) in [5, 5.41) is 0. The van der Waals surface area contributed by atoms with Crippen LogP contribution in [0, 0.1) is 0 Å². The topological polar surface area (TPSA) is 0 Å². The lowest BCUT2D eigenvalue weighted by Gasteiger charge is -2.19. The fraction of sp³-hybridized carbons (Fsp3) is 0.429. The van der Waals surface area contributed by atoms with Gasteiger partial charge in [-0.3, -0.25) is 0 Å². The SMILES string of the molecule is C=C/C(C)=C(C(=C\C)/CC)\C(=C/C)C(F)(F)F. The van der Waals surface area contributed by atoms with Crippen molar-refractivity contribution in [2.75, 3.05) is 0 Å². The summed E-state index contributed by atoms with van der Waals surface area (Å²) in [7, 11) is 0. The van der Waals surface area contributed by atoms with Crippen LogP contribution in [0.15, 0.2) is 47.1 Å². The molecule has 96 valence electrons. The van der Waals surface area contributed by atoms with E-state index in [-0.39, 0.29) is 5.57 Å². The summed E-state index contributed by atoms with van der Waals surface area (Å²) in [5.41, 5.74) is 0.892. The lowest BCUT2D eigenvalue weighted by Crippen LogP contribution is -2.15. The molecule has 0 N–H and O–H groups in total. The molecule has 0 aliphatic rings. The van der Waals surface area contributed by atoms with Crippen molar-refractivity contribution in [1.82, 2.24) is 0 Å². The molecule has 0 nitrogen and oxygen atoms in total. The molecule has 0 saturated carbocycles. The number of hydrogen-bond donors (Lipinski definition) is 0. The van der Waals surface area contributed by atoms with Gasteiger partial charge in [-0.25, -0.2) is 0 Å². The summed E-state index contributed by atoms with van der Waals surface area (Å²) >= 11 is 0. The van der Waals surface area contributed by atoms with E-state index in [1.165, 1.54) is 13.0 Å². The Kier molecular flexibility index (Phi) is 6.00. The Morgan fingerprint density at radius 1 is 1.18 bits per heavy atom. The van der Waals surface area contributed by atoms with Gasteiger partial charge in [-0.05, 0) is 43.9 Å². The van der Waals surface area contributed by atoms with Gasteiger partial charge in [0.2, 0.25) is 0 Å². The molecule has 0 aliphatic carbocycles. The van der Waals surface area contributed by atoms with Crippen LogP contribution in [-0.2, 0) is 0 Å². The van der Waals surface area contributed by atoms with Gasteiger partial charge in [0.1, 0.15) is 0 Å². The molecular weight excluding hydrogens is 225 g/mol. The van der Waals surface area contributed by atoms with Crippen LogP contribution in [0.5, 0.6) is 0 Å². The normalized spacial score (nSPS) is 15.7. The Bertz CT molecular complexity index is 365. The summed E-state index contributed by atoms with van der Waals surface area (Å²) in [6.07, 6.45) is 0.519. The minimum Gasteiger partial charge on any atom is -0.166 e. The van der Waals surface area contributed by atoms with Crippen LogP contribution in [0.4, 0.5) is 13.2 Å². The fourth-order valence-corrected chi connectivity index (χ4v) is 1.72. The molecule has 0 aromatic heterocycles. The second-order valence-corrected chi connectivity index (χ2v) is 3.63. The molecule has 0 rings (SSSR count). The zero-order chi connectivity index (χ0) is 13.6. The second kappa shape index (κ2) is 6.48. The predicted octanol–water partition coefficient (Wildman–Crippen LogP) is 5.35. The Morgan fingerprint density at radius 2 is 1.71 bits per heavy atom. The minimum atomic E-state index is -4.34. The molecule has 0 heterocycles. The van der Waals surface area contributed by atoms with Crippen LogP contribution >= 0.6 is 0 Å². The molecular formula is C14H19F3. The third kappa shape index (κ3) is 3.91. The number of rotatable bonds is 4. The molecule has 0 bridgehead atoms. The maximum atomic E-state index is 12.9. The highest BCUT2D eigenvalue weighted by atomic mass is 19.4. The Morgan fingerprint density at radius 3 is 1.94 bits per heavy atom. The molecule has 0 aromatic carbocycles. The van der Waals surface area contributed by atoms with E-state index in [1.807, 2.05) is 6.92 Å². The summed E-state index contributed by atoms with van der Waals surface area (Å²) < 4.78 is 38.8. The largest absolute Gasteiger partial charge is 0.416 e. The summed E-state index contributed by atoms with van der Waals surface area (Å²) in [4.78, 5) is 0. The number of hydrogen-bond acceptors (Lipinski definition) is 0. The van der Waals surface area contributed by atoms with Crippen molar-refractivity contribution in [2.24, 2.45) is 0 Å². The Labute approximate surface area is 101 Å². The van der Waals surface area contributed by atoms with Crippen molar-refractivity contribution in [3.8, 4) is 0 Å². The Hall–Kier alpha value is -1.25. The standard InChI is InChI=1S/C14H19F3/c1-6-10(5)13(11(7-2)8-3)12(9-4)14(15,16)17/h6-7,9H,1,8H2,2-5H3/b11-7-,12-9+,13-10-. The fourth-order valence-electron chi connectivity index (χ4n) is 1.72. The first-order chi connectivity index (χ1) is 7.83. The maximum absolute atomic E-state index is 12.9. The van der Waals surface area contributed by atoms with E-state index >= 15 is 0 Å². The average molecular weight is 244 g/mol. The molecule has 0 atom stereocenters. The van der Waals surface area contributed by atoms with Gasteiger partial charge in [0.25, 0.3) is 0 Å². The molecule has 0 amide bonds. The van der Waals surface area contributed by atoms with Crippen molar-refractivity contribution in [3.05, 3.63) is 47.1 Å². The molecule has 0 unspecified atom stereocenters. The van der Waals surface area contributed by atoms with Gasteiger partial charge in [-0.15, -0.1) is 0 Å². The summed E-state index contributed by atoms with van der Waals surface area (Å²) in [6.45, 7) is 10.2. The van der Waals surface area contributed by atoms with Crippen LogP contribution in [0.25, 0.3) is 0 Å². The van der Waals surface area contributed by atoms with Crippen LogP contribution < -0.4 is 0 Å². The highest BCUT2D eigenvalue weighted by Gasteiger charge is 2.36. The van der Waals surface area contributed by atoms with Crippen LogP contribution in [-0.4, -0.2) is 6.18 Å². The highest BCUT2D eigenvalue weighted by Crippen LogP contribution is 2.37. The highest BCUT2D eigenvalue weighted by molar-refractivity contribution is 5.53. The van der Waals surface area contributed by atoms with E-state index in [1.54, 1.807) is 19.9 Å². The first kappa shape index (κ1) is 15.8. The molecule has 0 radical (unpaired) electrons. The zero-order valence-corrected chi connectivity index (χ0v) is 10.8. The number of allylic oxidation sites excluding steroid dienone is 7. The summed E-state index contributed by atoms with van der Waals surface area (Å²) in [6, 6.07) is 0. The van der Waals surface area contributed by atoms with Gasteiger partial charge in [-0.1, -0.05) is 31.7 Å². The monoisotopic (exact) mass is 244 g/mol. The lowest BCUT2D eigenvalue weighted by atomic mass is 9.91. The molecule has 17 heavy (non-hydrogen) atoms. The smallest absolute Gasteiger partial charge is 0.166 e. The van der Waals surface area contributed by atoms with E-state index in [0.29, 0.717) is 17.6 Å². The molecule has 3 heteroatoms. The quantitative estimate of drug-likeness (QED) is 0.584. The van der Waals surface area contributed by atoms with Crippen LogP contribution in [0.2, 0.25) is 0 Å². The molecule has 0 aliphatic heterocycles. The predicted molar refractivity (Wildman–Crippen MR) is 66.8 cm³/mol. The third-order valence-electron chi connectivity index (χ3n) is 2.61. The van der Waals surface area contributed by atoms with Crippen molar-refractivity contribution >= 4 is 0 Å². The van der Waals surface area contributed by atoms with E-state index < -0.39 is 11.7 Å². The average Bonchev–Trinajstić information content (AvgIpc) is 2.26. The zero-order valence-electron chi connectivity index (χ0n) is 10.8. The maximum Gasteiger partial charge on any atom is 0.416 e. The van der Waals surface area contributed by atoms with Gasteiger partial charge >= 0.3 is 6.18 Å². The van der Waals surface area contributed by atoms with Crippen molar-refractivity contribution in [1.29, 1.82) is 0 Å². The Balaban J connectivity index is 5.93. The third-order valence-corrected chi connectivity index (χ3v) is 2.61. The molecule has 0 fully saturated rings. The van der Waals surface area contributed by atoms with Gasteiger partial charge in [0.15, 0.2) is 0 Å². The molecule has 0 aromatic rings. The van der Waals surface area contributed by atoms with Crippen LogP contribution in [0.1, 0.15) is 34.1 Å². The van der Waals surface area contributed by atoms with Crippen LogP contribution in [0.3, 0.4) is 0 Å². The molecule has 0 saturated heterocycles. The minimum absolute atomic E-state index is 0.250. The van der Waals surface area contributed by atoms with Gasteiger partial charge in [-0.2, -0.15) is 13.2 Å². The first-order valence-corrected chi connectivity index (χ1v) is 5.56. The van der Waals surface area contributed by atoms with E-state index in [2.05, 4.69) is 6.58 Å². The van der Waals surface area contributed by atoms with Crippen molar-refractivity contribution in [2.45, 2.75) is 40.3 Å². The first-order valence-electron chi connectivity index (χ1n) is 5.56. The van der Waals surface area contributed by atoms with Gasteiger partial charge in [0, 0.05) is 0 Å². The van der Waals surface area contributed by atoms with Gasteiger partial charge < -0.3 is 0 Å². The lowest BCUT2D eigenvalue weighted by molar-refractivity contribution is -0.0893. The van der Waals surface area contributed by atoms with E-state index in [4.69, 9.17) is 0 Å². The second-order valence-electron chi connectivity index (χ2n) is 3.63. The van der Waals surface area contributed by atoms with E-state index in [0.717, 1.165) is 6.08 Å². The number of alkyl halides is 3. The van der Waals surface area contributed by atoms with Crippen molar-refractivity contribution < 1.29 is 13.2 Å². The molecule has 0 spiro atoms.